The predicted octanol–water partition coefficient (Wildman–Crippen LogP) is 3.09. The summed E-state index contributed by atoms with van der Waals surface area (Å²) >= 11 is 0. The molecule has 3 nitrogen and oxygen atoms in total. The molecule has 0 fully saturated rings. The Morgan fingerprint density at radius 2 is 1.81 bits per heavy atom. The maximum Gasteiger partial charge on any atom is 0.137 e. The molecule has 0 aromatic heterocycles. The van der Waals surface area contributed by atoms with Gasteiger partial charge in [-0.3, -0.25) is 0 Å². The summed E-state index contributed by atoms with van der Waals surface area (Å²) in [6.07, 6.45) is 0.827. The topological polar surface area (TPSA) is 36.3 Å². The molecular weight excluding hydrogens is 260 g/mol. The van der Waals surface area contributed by atoms with Gasteiger partial charge in [0.2, 0.25) is 0 Å². The van der Waals surface area contributed by atoms with E-state index in [0.717, 1.165) is 18.5 Å². The van der Waals surface area contributed by atoms with E-state index in [2.05, 4.69) is 23.1 Å². The van der Waals surface area contributed by atoms with Gasteiger partial charge >= 0.3 is 0 Å². The maximum absolute atomic E-state index is 9.28. The summed E-state index contributed by atoms with van der Waals surface area (Å²) < 4.78 is 5.68. The van der Waals surface area contributed by atoms with Crippen molar-refractivity contribution in [3.05, 3.63) is 65.2 Å². The van der Waals surface area contributed by atoms with Crippen molar-refractivity contribution in [2.45, 2.75) is 6.42 Å². The van der Waals surface area contributed by atoms with Crippen molar-refractivity contribution < 1.29 is 4.74 Å². The van der Waals surface area contributed by atoms with Gasteiger partial charge in [0.05, 0.1) is 5.56 Å². The van der Waals surface area contributed by atoms with Gasteiger partial charge in [0, 0.05) is 6.54 Å². The number of rotatable bonds is 6. The van der Waals surface area contributed by atoms with Gasteiger partial charge in [-0.1, -0.05) is 36.4 Å². The number of hydrogen-bond donors (Lipinski definition) is 0. The fourth-order valence-electron chi connectivity index (χ4n) is 2.07. The zero-order valence-corrected chi connectivity index (χ0v) is 12.5. The number of hydrogen-bond acceptors (Lipinski definition) is 3. The van der Waals surface area contributed by atoms with Gasteiger partial charge < -0.3 is 9.64 Å². The van der Waals surface area contributed by atoms with Crippen LogP contribution in [0.3, 0.4) is 0 Å². The van der Waals surface area contributed by atoms with Crippen molar-refractivity contribution >= 4 is 0 Å². The van der Waals surface area contributed by atoms with E-state index in [0.29, 0.717) is 17.9 Å². The number of benzene rings is 2. The molecule has 0 saturated carbocycles. The van der Waals surface area contributed by atoms with Crippen molar-refractivity contribution in [2.24, 2.45) is 0 Å². The molecule has 21 heavy (non-hydrogen) atoms. The van der Waals surface area contributed by atoms with E-state index in [4.69, 9.17) is 4.74 Å². The van der Waals surface area contributed by atoms with Crippen molar-refractivity contribution in [2.75, 3.05) is 27.2 Å². The highest BCUT2D eigenvalue weighted by Crippen LogP contribution is 2.21. The average molecular weight is 280 g/mol. The van der Waals surface area contributed by atoms with Crippen LogP contribution in [0.2, 0.25) is 0 Å². The van der Waals surface area contributed by atoms with E-state index in [9.17, 15) is 5.26 Å². The van der Waals surface area contributed by atoms with Gasteiger partial charge in [0.1, 0.15) is 18.4 Å². The van der Waals surface area contributed by atoms with Gasteiger partial charge in [-0.15, -0.1) is 0 Å². The summed E-state index contributed by atoms with van der Waals surface area (Å²) in [6.45, 7) is 1.41. The van der Waals surface area contributed by atoms with Crippen molar-refractivity contribution in [3.63, 3.8) is 0 Å². The molecule has 0 unspecified atom stereocenters. The van der Waals surface area contributed by atoms with Crippen molar-refractivity contribution in [3.8, 4) is 11.8 Å². The second-order valence-electron chi connectivity index (χ2n) is 5.26. The number of ether oxygens (including phenoxy) is 1. The lowest BCUT2D eigenvalue weighted by Crippen LogP contribution is -2.19. The van der Waals surface area contributed by atoms with E-state index in [1.165, 1.54) is 5.56 Å². The smallest absolute Gasteiger partial charge is 0.137 e. The Labute approximate surface area is 126 Å². The van der Waals surface area contributed by atoms with Crippen LogP contribution in [0, 0.1) is 11.3 Å². The highest BCUT2D eigenvalue weighted by molar-refractivity contribution is 5.46. The van der Waals surface area contributed by atoms with E-state index in [-0.39, 0.29) is 0 Å². The third-order valence-corrected chi connectivity index (χ3v) is 3.21. The first-order valence-electron chi connectivity index (χ1n) is 7.03. The van der Waals surface area contributed by atoms with Crippen LogP contribution in [0.15, 0.2) is 48.5 Å². The standard InChI is InChI=1S/C18H20N2O/c1-20(2)10-11-21-18-9-8-16(13-17(18)14-19)12-15-6-4-3-5-7-15/h3-9,13H,10-12H2,1-2H3. The van der Waals surface area contributed by atoms with Crippen molar-refractivity contribution in [1.29, 1.82) is 5.26 Å². The second-order valence-corrected chi connectivity index (χ2v) is 5.26. The van der Waals surface area contributed by atoms with E-state index < -0.39 is 0 Å². The zero-order valence-electron chi connectivity index (χ0n) is 12.5. The Bertz CT molecular complexity index is 615. The Kier molecular flexibility index (Phi) is 5.36. The van der Waals surface area contributed by atoms with Crippen LogP contribution < -0.4 is 4.74 Å². The third-order valence-electron chi connectivity index (χ3n) is 3.21. The Balaban J connectivity index is 2.07. The van der Waals surface area contributed by atoms with E-state index in [1.54, 1.807) is 0 Å². The molecule has 0 radical (unpaired) electrons. The van der Waals surface area contributed by atoms with Gasteiger partial charge in [-0.25, -0.2) is 0 Å². The zero-order chi connectivity index (χ0) is 15.1. The van der Waals surface area contributed by atoms with Gasteiger partial charge in [0.15, 0.2) is 0 Å². The summed E-state index contributed by atoms with van der Waals surface area (Å²) in [4.78, 5) is 2.05. The van der Waals surface area contributed by atoms with Gasteiger partial charge in [-0.2, -0.15) is 5.26 Å². The first kappa shape index (κ1) is 15.1. The quantitative estimate of drug-likeness (QED) is 0.816. The molecular formula is C18H20N2O. The molecule has 0 bridgehead atoms. The second kappa shape index (κ2) is 7.47. The largest absolute Gasteiger partial charge is 0.491 e. The molecule has 0 aliphatic carbocycles. The van der Waals surface area contributed by atoms with Crippen LogP contribution in [0.4, 0.5) is 0 Å². The fourth-order valence-corrected chi connectivity index (χ4v) is 2.07. The Morgan fingerprint density at radius 1 is 1.05 bits per heavy atom. The Morgan fingerprint density at radius 3 is 2.48 bits per heavy atom. The lowest BCUT2D eigenvalue weighted by molar-refractivity contribution is 0.261. The molecule has 2 aromatic carbocycles. The summed E-state index contributed by atoms with van der Waals surface area (Å²) in [7, 11) is 4.00. The minimum Gasteiger partial charge on any atom is -0.491 e. The SMILES string of the molecule is CN(C)CCOc1ccc(Cc2ccccc2)cc1C#N. The van der Waals surface area contributed by atoms with Crippen LogP contribution in [0.1, 0.15) is 16.7 Å². The van der Waals surface area contributed by atoms with Gasteiger partial charge in [0.25, 0.3) is 0 Å². The summed E-state index contributed by atoms with van der Waals surface area (Å²) in [6, 6.07) is 18.3. The molecule has 0 spiro atoms. The van der Waals surface area contributed by atoms with Crippen LogP contribution in [0.25, 0.3) is 0 Å². The number of nitrogens with zero attached hydrogens (tertiary/aromatic N) is 2. The van der Waals surface area contributed by atoms with Crippen molar-refractivity contribution in [1.82, 2.24) is 4.90 Å². The van der Waals surface area contributed by atoms with E-state index in [1.807, 2.05) is 50.5 Å². The lowest BCUT2D eigenvalue weighted by atomic mass is 10.0. The molecule has 0 aliphatic rings. The van der Waals surface area contributed by atoms with Gasteiger partial charge in [-0.05, 0) is 43.8 Å². The van der Waals surface area contributed by atoms with Crippen LogP contribution in [-0.4, -0.2) is 32.1 Å². The molecule has 2 aromatic rings. The molecule has 0 saturated heterocycles. The average Bonchev–Trinajstić information content (AvgIpc) is 2.49. The minimum absolute atomic E-state index is 0.583. The first-order valence-corrected chi connectivity index (χ1v) is 7.03. The third kappa shape index (κ3) is 4.62. The maximum atomic E-state index is 9.28. The molecule has 0 amide bonds. The van der Waals surface area contributed by atoms with E-state index >= 15 is 0 Å². The summed E-state index contributed by atoms with van der Waals surface area (Å²) in [5, 5.41) is 9.28. The minimum atomic E-state index is 0.583. The first-order chi connectivity index (χ1) is 10.2. The fraction of sp³-hybridized carbons (Fsp3) is 0.278. The lowest BCUT2D eigenvalue weighted by Gasteiger charge is -2.12. The molecule has 0 atom stereocenters. The van der Waals surface area contributed by atoms with Crippen LogP contribution in [0.5, 0.6) is 5.75 Å². The molecule has 3 heteroatoms. The molecule has 108 valence electrons. The number of likely N-dealkylation sites (N-methyl/N-ethyl adjacent to an activating group) is 1. The highest BCUT2D eigenvalue weighted by Gasteiger charge is 2.06. The van der Waals surface area contributed by atoms with Crippen LogP contribution >= 0.6 is 0 Å². The normalized spacial score (nSPS) is 10.4. The molecule has 0 heterocycles. The van der Waals surface area contributed by atoms with Crippen LogP contribution in [-0.2, 0) is 6.42 Å². The summed E-state index contributed by atoms with van der Waals surface area (Å²) in [5.41, 5.74) is 2.96. The predicted molar refractivity (Wildman–Crippen MR) is 84.5 cm³/mol. The Hall–Kier alpha value is -2.31. The molecule has 0 N–H and O–H groups in total. The monoisotopic (exact) mass is 280 g/mol. The number of nitriles is 1. The summed E-state index contributed by atoms with van der Waals surface area (Å²) in [5.74, 6) is 0.663. The highest BCUT2D eigenvalue weighted by atomic mass is 16.5. The molecule has 2 rings (SSSR count). The molecule has 0 aliphatic heterocycles.